The van der Waals surface area contributed by atoms with E-state index in [1.54, 1.807) is 0 Å². The van der Waals surface area contributed by atoms with Crippen LogP contribution in [0.2, 0.25) is 0 Å². The molecule has 0 amide bonds. The van der Waals surface area contributed by atoms with E-state index in [1.165, 1.54) is 38.6 Å². The van der Waals surface area contributed by atoms with Crippen molar-refractivity contribution in [2.24, 2.45) is 5.92 Å². The van der Waals surface area contributed by atoms with Crippen LogP contribution in [0.3, 0.4) is 0 Å². The Kier molecular flexibility index (Phi) is 8.64. The highest BCUT2D eigenvalue weighted by molar-refractivity contribution is 4.71. The monoisotopic (exact) mass is 256 g/mol. The van der Waals surface area contributed by atoms with Crippen molar-refractivity contribution in [1.29, 1.82) is 0 Å². The molecule has 0 bridgehead atoms. The maximum Gasteiger partial charge on any atom is 0.0593 e. The summed E-state index contributed by atoms with van der Waals surface area (Å²) in [5.74, 6) is 0.892. The third-order valence-electron chi connectivity index (χ3n) is 3.44. The maximum atomic E-state index is 5.65. The highest BCUT2D eigenvalue weighted by Gasteiger charge is 2.20. The van der Waals surface area contributed by atoms with Gasteiger partial charge in [0.2, 0.25) is 0 Å². The summed E-state index contributed by atoms with van der Waals surface area (Å²) in [6.07, 6.45) is 6.70. The van der Waals surface area contributed by atoms with E-state index in [0.717, 1.165) is 32.2 Å². The van der Waals surface area contributed by atoms with Crippen LogP contribution in [0.25, 0.3) is 0 Å². The number of nitrogens with zero attached hydrogens (tertiary/aromatic N) is 1. The van der Waals surface area contributed by atoms with Gasteiger partial charge in [-0.2, -0.15) is 0 Å². The minimum absolute atomic E-state index is 0.622. The van der Waals surface area contributed by atoms with Crippen LogP contribution in [-0.2, 0) is 4.74 Å². The molecular formula is C15H32N2O. The van der Waals surface area contributed by atoms with Crippen LogP contribution in [-0.4, -0.2) is 50.8 Å². The molecule has 0 unspecified atom stereocenters. The first-order valence-corrected chi connectivity index (χ1v) is 7.68. The van der Waals surface area contributed by atoms with Crippen LogP contribution in [0.15, 0.2) is 0 Å². The summed E-state index contributed by atoms with van der Waals surface area (Å²) in [7, 11) is 2.20. The minimum Gasteiger partial charge on any atom is -0.380 e. The third kappa shape index (κ3) is 9.86. The molecule has 3 nitrogen and oxygen atoms in total. The first kappa shape index (κ1) is 15.9. The molecule has 0 aromatic carbocycles. The van der Waals surface area contributed by atoms with E-state index in [4.69, 9.17) is 4.74 Å². The molecule has 0 aromatic heterocycles. The summed E-state index contributed by atoms with van der Waals surface area (Å²) < 4.78 is 5.65. The fourth-order valence-electron chi connectivity index (χ4n) is 1.94. The van der Waals surface area contributed by atoms with Gasteiger partial charge in [0.25, 0.3) is 0 Å². The zero-order valence-electron chi connectivity index (χ0n) is 12.6. The summed E-state index contributed by atoms with van der Waals surface area (Å²) in [5.41, 5.74) is 0. The highest BCUT2D eigenvalue weighted by atomic mass is 16.5. The summed E-state index contributed by atoms with van der Waals surface area (Å²) in [6, 6.07) is 0.622. The predicted molar refractivity (Wildman–Crippen MR) is 78.0 cm³/mol. The van der Waals surface area contributed by atoms with Crippen molar-refractivity contribution < 1.29 is 4.74 Å². The van der Waals surface area contributed by atoms with Gasteiger partial charge in [0.05, 0.1) is 6.61 Å². The molecule has 0 aromatic rings. The van der Waals surface area contributed by atoms with Crippen LogP contribution in [0.5, 0.6) is 0 Å². The molecule has 1 aliphatic rings. The van der Waals surface area contributed by atoms with Crippen molar-refractivity contribution in [3.63, 3.8) is 0 Å². The van der Waals surface area contributed by atoms with E-state index >= 15 is 0 Å². The van der Waals surface area contributed by atoms with Gasteiger partial charge in [-0.15, -0.1) is 0 Å². The largest absolute Gasteiger partial charge is 0.380 e. The van der Waals surface area contributed by atoms with Crippen molar-refractivity contribution in [2.75, 3.05) is 39.9 Å². The van der Waals surface area contributed by atoms with E-state index in [9.17, 15) is 0 Å². The third-order valence-corrected chi connectivity index (χ3v) is 3.44. The van der Waals surface area contributed by atoms with E-state index in [1.807, 2.05) is 0 Å². The SMILES string of the molecule is CC(C)NCCCCCN(C)CCOCC1CC1. The number of unbranched alkanes of at least 4 members (excludes halogenated alkanes) is 2. The van der Waals surface area contributed by atoms with Gasteiger partial charge in [-0.25, -0.2) is 0 Å². The fourth-order valence-corrected chi connectivity index (χ4v) is 1.94. The lowest BCUT2D eigenvalue weighted by Gasteiger charge is -2.16. The van der Waals surface area contributed by atoms with Crippen LogP contribution in [0, 0.1) is 5.92 Å². The van der Waals surface area contributed by atoms with Gasteiger partial charge < -0.3 is 15.0 Å². The number of hydrogen-bond donors (Lipinski definition) is 1. The highest BCUT2D eigenvalue weighted by Crippen LogP contribution is 2.28. The average Bonchev–Trinajstić information content (AvgIpc) is 3.13. The number of nitrogens with one attached hydrogen (secondary N) is 1. The van der Waals surface area contributed by atoms with Crippen molar-refractivity contribution >= 4 is 0 Å². The topological polar surface area (TPSA) is 24.5 Å². The quantitative estimate of drug-likeness (QED) is 0.543. The van der Waals surface area contributed by atoms with Gasteiger partial charge in [-0.1, -0.05) is 20.3 Å². The molecule has 0 atom stereocenters. The van der Waals surface area contributed by atoms with Gasteiger partial charge in [0.15, 0.2) is 0 Å². The molecule has 1 aliphatic carbocycles. The Morgan fingerprint density at radius 1 is 1.17 bits per heavy atom. The van der Waals surface area contributed by atoms with Gasteiger partial charge in [0.1, 0.15) is 0 Å². The second-order valence-electron chi connectivity index (χ2n) is 5.99. The molecule has 1 rings (SSSR count). The Morgan fingerprint density at radius 3 is 2.61 bits per heavy atom. The van der Waals surface area contributed by atoms with E-state index < -0.39 is 0 Å². The zero-order chi connectivity index (χ0) is 13.2. The summed E-state index contributed by atoms with van der Waals surface area (Å²) in [5, 5.41) is 3.46. The van der Waals surface area contributed by atoms with Crippen molar-refractivity contribution in [1.82, 2.24) is 10.2 Å². The Bertz CT molecular complexity index is 193. The van der Waals surface area contributed by atoms with Gasteiger partial charge in [-0.05, 0) is 51.7 Å². The van der Waals surface area contributed by atoms with Crippen LogP contribution in [0.1, 0.15) is 46.0 Å². The van der Waals surface area contributed by atoms with Gasteiger partial charge >= 0.3 is 0 Å². The summed E-state index contributed by atoms with van der Waals surface area (Å²) >= 11 is 0. The van der Waals surface area contributed by atoms with E-state index in [2.05, 4.69) is 31.1 Å². The molecule has 0 saturated heterocycles. The van der Waals surface area contributed by atoms with Crippen LogP contribution in [0.4, 0.5) is 0 Å². The molecule has 1 saturated carbocycles. The standard InChI is InChI=1S/C15H32N2O/c1-14(2)16-9-5-4-6-10-17(3)11-12-18-13-15-7-8-15/h14-16H,4-13H2,1-3H3. The van der Waals surface area contributed by atoms with E-state index in [-0.39, 0.29) is 0 Å². The second-order valence-corrected chi connectivity index (χ2v) is 5.99. The summed E-state index contributed by atoms with van der Waals surface area (Å²) in [4.78, 5) is 2.39. The lowest BCUT2D eigenvalue weighted by atomic mass is 10.2. The van der Waals surface area contributed by atoms with Crippen molar-refractivity contribution in [3.8, 4) is 0 Å². The van der Waals surface area contributed by atoms with E-state index in [0.29, 0.717) is 6.04 Å². The molecule has 1 N–H and O–H groups in total. The molecule has 0 radical (unpaired) electrons. The van der Waals surface area contributed by atoms with Gasteiger partial charge in [0, 0.05) is 19.2 Å². The Hall–Kier alpha value is -0.120. The Balaban J connectivity index is 1.76. The lowest BCUT2D eigenvalue weighted by molar-refractivity contribution is 0.103. The first-order chi connectivity index (χ1) is 8.68. The molecule has 3 heteroatoms. The average molecular weight is 256 g/mol. The number of hydrogen-bond acceptors (Lipinski definition) is 3. The summed E-state index contributed by atoms with van der Waals surface area (Å²) in [6.45, 7) is 9.75. The van der Waals surface area contributed by atoms with Crippen molar-refractivity contribution in [3.05, 3.63) is 0 Å². The van der Waals surface area contributed by atoms with Gasteiger partial charge in [-0.3, -0.25) is 0 Å². The number of likely N-dealkylation sites (N-methyl/N-ethyl adjacent to an activating group) is 1. The smallest absolute Gasteiger partial charge is 0.0593 e. The molecule has 18 heavy (non-hydrogen) atoms. The fraction of sp³-hybridized carbons (Fsp3) is 1.00. The van der Waals surface area contributed by atoms with Crippen molar-refractivity contribution in [2.45, 2.75) is 52.0 Å². The van der Waals surface area contributed by atoms with Crippen LogP contribution < -0.4 is 5.32 Å². The molecular weight excluding hydrogens is 224 g/mol. The maximum absolute atomic E-state index is 5.65. The lowest BCUT2D eigenvalue weighted by Crippen LogP contribution is -2.25. The molecule has 0 heterocycles. The second kappa shape index (κ2) is 9.76. The predicted octanol–water partition coefficient (Wildman–Crippen LogP) is 2.51. The number of rotatable bonds is 12. The molecule has 0 aliphatic heterocycles. The zero-order valence-corrected chi connectivity index (χ0v) is 12.6. The first-order valence-electron chi connectivity index (χ1n) is 7.68. The number of ether oxygens (including phenoxy) is 1. The Morgan fingerprint density at radius 2 is 1.94 bits per heavy atom. The minimum atomic E-state index is 0.622. The van der Waals surface area contributed by atoms with Crippen LogP contribution >= 0.6 is 0 Å². The Labute approximate surface area is 113 Å². The normalized spacial score (nSPS) is 15.8. The molecule has 108 valence electrons. The molecule has 0 spiro atoms. The molecule has 1 fully saturated rings.